The van der Waals surface area contributed by atoms with Crippen LogP contribution in [-0.4, -0.2) is 21.6 Å². The van der Waals surface area contributed by atoms with Crippen LogP contribution in [0.3, 0.4) is 0 Å². The topological polar surface area (TPSA) is 61.2 Å². The number of ether oxygens (including phenoxy) is 1. The number of rotatable bonds is 4. The largest absolute Gasteiger partial charge is 0.461 e. The molecule has 0 spiro atoms. The Morgan fingerprint density at radius 3 is 2.70 bits per heavy atom. The van der Waals surface area contributed by atoms with Gasteiger partial charge in [-0.05, 0) is 43.4 Å². The molecule has 0 aliphatic heterocycles. The zero-order valence-corrected chi connectivity index (χ0v) is 17.1. The first-order chi connectivity index (χ1) is 13.1. The predicted molar refractivity (Wildman–Crippen MR) is 110 cm³/mol. The fourth-order valence-electron chi connectivity index (χ4n) is 3.47. The van der Waals surface area contributed by atoms with Gasteiger partial charge in [0.25, 0.3) is 5.56 Å². The summed E-state index contributed by atoms with van der Waals surface area (Å²) in [5.41, 5.74) is 1.58. The number of esters is 1. The Balaban J connectivity index is 1.61. The van der Waals surface area contributed by atoms with Gasteiger partial charge >= 0.3 is 5.97 Å². The zero-order chi connectivity index (χ0) is 18.8. The van der Waals surface area contributed by atoms with Gasteiger partial charge in [0.2, 0.25) is 0 Å². The minimum atomic E-state index is -0.370. The highest BCUT2D eigenvalue weighted by Crippen LogP contribution is 2.31. The van der Waals surface area contributed by atoms with Crippen molar-refractivity contribution in [1.82, 2.24) is 9.55 Å². The van der Waals surface area contributed by atoms with Crippen molar-refractivity contribution in [2.24, 2.45) is 0 Å². The highest BCUT2D eigenvalue weighted by Gasteiger charge is 2.19. The number of carbonyl (C=O) groups excluding carboxylic acids is 1. The molecule has 3 aromatic rings. The van der Waals surface area contributed by atoms with E-state index in [1.54, 1.807) is 0 Å². The Kier molecular flexibility index (Phi) is 5.41. The summed E-state index contributed by atoms with van der Waals surface area (Å²) in [5, 5.41) is 2.49. The van der Waals surface area contributed by atoms with Crippen LogP contribution in [0.2, 0.25) is 0 Å². The summed E-state index contributed by atoms with van der Waals surface area (Å²) in [4.78, 5) is 30.3. The lowest BCUT2D eigenvalue weighted by Crippen LogP contribution is -2.28. The fraction of sp³-hybridized carbons (Fsp3) is 0.350. The van der Waals surface area contributed by atoms with Gasteiger partial charge in [-0.15, -0.1) is 11.3 Å². The lowest BCUT2D eigenvalue weighted by molar-refractivity contribution is -0.151. The zero-order valence-electron chi connectivity index (χ0n) is 14.7. The van der Waals surface area contributed by atoms with Crippen molar-refractivity contribution in [1.29, 1.82) is 0 Å². The number of halogens is 1. The van der Waals surface area contributed by atoms with Gasteiger partial charge in [0.05, 0.1) is 11.7 Å². The summed E-state index contributed by atoms with van der Waals surface area (Å²) in [5.74, 6) is -0.370. The van der Waals surface area contributed by atoms with E-state index in [0.29, 0.717) is 10.2 Å². The van der Waals surface area contributed by atoms with Crippen molar-refractivity contribution in [2.75, 3.05) is 0 Å². The monoisotopic (exact) mass is 446 g/mol. The van der Waals surface area contributed by atoms with Gasteiger partial charge in [-0.3, -0.25) is 14.2 Å². The molecular formula is C20H19BrN2O3S. The van der Waals surface area contributed by atoms with Crippen LogP contribution < -0.4 is 5.56 Å². The molecule has 2 aromatic heterocycles. The van der Waals surface area contributed by atoms with E-state index >= 15 is 0 Å². The van der Waals surface area contributed by atoms with Crippen LogP contribution in [0.5, 0.6) is 0 Å². The lowest BCUT2D eigenvalue weighted by Gasteiger charge is -2.21. The predicted octanol–water partition coefficient (Wildman–Crippen LogP) is 4.76. The van der Waals surface area contributed by atoms with Crippen molar-refractivity contribution >= 4 is 43.5 Å². The molecule has 0 unspecified atom stereocenters. The van der Waals surface area contributed by atoms with Gasteiger partial charge in [0, 0.05) is 15.4 Å². The number of hydrogen-bond acceptors (Lipinski definition) is 5. The number of thiophene rings is 1. The first-order valence-electron chi connectivity index (χ1n) is 9.04. The molecule has 5 nitrogen and oxygen atoms in total. The smallest absolute Gasteiger partial charge is 0.326 e. The van der Waals surface area contributed by atoms with Crippen LogP contribution >= 0.6 is 27.3 Å². The minimum absolute atomic E-state index is 0.0156. The molecule has 1 aliphatic rings. The molecule has 4 rings (SSSR count). The molecule has 0 atom stereocenters. The molecule has 2 heterocycles. The Bertz CT molecular complexity index is 1020. The van der Waals surface area contributed by atoms with E-state index in [2.05, 4.69) is 20.9 Å². The molecule has 27 heavy (non-hydrogen) atoms. The van der Waals surface area contributed by atoms with Gasteiger partial charge in [-0.2, -0.15) is 0 Å². The molecule has 1 saturated carbocycles. The number of fused-ring (bicyclic) bond motifs is 1. The third-order valence-electron chi connectivity index (χ3n) is 4.87. The van der Waals surface area contributed by atoms with Crippen LogP contribution in [0, 0.1) is 0 Å². The summed E-state index contributed by atoms with van der Waals surface area (Å²) in [6.07, 6.45) is 6.64. The number of aromatic nitrogens is 2. The van der Waals surface area contributed by atoms with Gasteiger partial charge in [-0.25, -0.2) is 4.98 Å². The van der Waals surface area contributed by atoms with Crippen LogP contribution in [-0.2, 0) is 16.1 Å². The van der Waals surface area contributed by atoms with Crippen molar-refractivity contribution in [3.63, 3.8) is 0 Å². The molecular weight excluding hydrogens is 428 g/mol. The number of nitrogens with zero attached hydrogens (tertiary/aromatic N) is 2. The molecule has 7 heteroatoms. The van der Waals surface area contributed by atoms with Crippen LogP contribution in [0.4, 0.5) is 0 Å². The molecule has 0 radical (unpaired) electrons. The average Bonchev–Trinajstić information content (AvgIpc) is 3.10. The second kappa shape index (κ2) is 7.94. The first kappa shape index (κ1) is 18.4. The summed E-state index contributed by atoms with van der Waals surface area (Å²) in [6.45, 7) is -0.103. The van der Waals surface area contributed by atoms with E-state index in [1.165, 1.54) is 28.7 Å². The van der Waals surface area contributed by atoms with Gasteiger partial charge in [-0.1, -0.05) is 34.5 Å². The van der Waals surface area contributed by atoms with E-state index in [9.17, 15) is 9.59 Å². The highest BCUT2D eigenvalue weighted by molar-refractivity contribution is 9.10. The van der Waals surface area contributed by atoms with Crippen LogP contribution in [0.1, 0.15) is 32.1 Å². The van der Waals surface area contributed by atoms with Crippen molar-refractivity contribution in [3.05, 3.63) is 50.8 Å². The number of hydrogen-bond donors (Lipinski definition) is 0. The third-order valence-corrected chi connectivity index (χ3v) is 6.28. The van der Waals surface area contributed by atoms with E-state index in [0.717, 1.165) is 41.3 Å². The van der Waals surface area contributed by atoms with Gasteiger partial charge in [0.15, 0.2) is 0 Å². The standard InChI is InChI=1S/C20H19BrN2O3S/c21-14-8-6-13(7-9-14)16-11-27-19-18(16)20(25)23(12-22-19)10-17(24)26-15-4-2-1-3-5-15/h6-9,11-12,15H,1-5,10H2. The average molecular weight is 447 g/mol. The molecule has 0 N–H and O–H groups in total. The van der Waals surface area contributed by atoms with E-state index in [1.807, 2.05) is 29.6 Å². The van der Waals surface area contributed by atoms with E-state index < -0.39 is 0 Å². The Labute approximate surface area is 169 Å². The quantitative estimate of drug-likeness (QED) is 0.541. The lowest BCUT2D eigenvalue weighted by atomic mass is 9.98. The maximum atomic E-state index is 13.0. The summed E-state index contributed by atoms with van der Waals surface area (Å²) >= 11 is 4.86. The number of carbonyl (C=O) groups is 1. The maximum absolute atomic E-state index is 13.0. The Hall–Kier alpha value is -1.99. The van der Waals surface area contributed by atoms with Crippen molar-refractivity contribution in [2.45, 2.75) is 44.8 Å². The van der Waals surface area contributed by atoms with Crippen molar-refractivity contribution in [3.8, 4) is 11.1 Å². The summed E-state index contributed by atoms with van der Waals surface area (Å²) < 4.78 is 7.87. The second-order valence-electron chi connectivity index (χ2n) is 6.76. The fourth-order valence-corrected chi connectivity index (χ4v) is 4.64. The Morgan fingerprint density at radius 2 is 1.96 bits per heavy atom. The summed E-state index contributed by atoms with van der Waals surface area (Å²) in [7, 11) is 0. The van der Waals surface area contributed by atoms with Crippen LogP contribution in [0.15, 0.2) is 45.2 Å². The molecule has 0 saturated heterocycles. The molecule has 1 aromatic carbocycles. The molecule has 0 amide bonds. The number of benzene rings is 1. The van der Waals surface area contributed by atoms with E-state index in [-0.39, 0.29) is 24.2 Å². The maximum Gasteiger partial charge on any atom is 0.326 e. The molecule has 0 bridgehead atoms. The normalized spacial score (nSPS) is 15.1. The molecule has 1 aliphatic carbocycles. The minimum Gasteiger partial charge on any atom is -0.461 e. The summed E-state index contributed by atoms with van der Waals surface area (Å²) in [6, 6.07) is 7.80. The first-order valence-corrected chi connectivity index (χ1v) is 10.7. The second-order valence-corrected chi connectivity index (χ2v) is 8.54. The van der Waals surface area contributed by atoms with Gasteiger partial charge in [0.1, 0.15) is 17.5 Å². The Morgan fingerprint density at radius 1 is 1.22 bits per heavy atom. The molecule has 1 fully saturated rings. The van der Waals surface area contributed by atoms with Crippen LogP contribution in [0.25, 0.3) is 21.3 Å². The third kappa shape index (κ3) is 3.99. The molecule has 140 valence electrons. The van der Waals surface area contributed by atoms with E-state index in [4.69, 9.17) is 4.74 Å². The van der Waals surface area contributed by atoms with Gasteiger partial charge < -0.3 is 4.74 Å². The SMILES string of the molecule is O=C(Cn1cnc2scc(-c3ccc(Br)cc3)c2c1=O)OC1CCCCC1. The van der Waals surface area contributed by atoms with Crippen molar-refractivity contribution < 1.29 is 9.53 Å². The highest BCUT2D eigenvalue weighted by atomic mass is 79.9.